The molecule has 0 radical (unpaired) electrons. The first-order valence-corrected chi connectivity index (χ1v) is 7.62. The summed E-state index contributed by atoms with van der Waals surface area (Å²) >= 11 is 1.89. The lowest BCUT2D eigenvalue weighted by Gasteiger charge is -2.11. The van der Waals surface area contributed by atoms with Crippen molar-refractivity contribution in [2.24, 2.45) is 10.9 Å². The predicted octanol–water partition coefficient (Wildman–Crippen LogP) is 2.15. The van der Waals surface area contributed by atoms with Gasteiger partial charge in [0.15, 0.2) is 5.17 Å². The van der Waals surface area contributed by atoms with Crippen LogP contribution in [-0.4, -0.2) is 50.4 Å². The highest BCUT2D eigenvalue weighted by Crippen LogP contribution is 2.25. The molecule has 0 saturated heterocycles. The maximum atomic E-state index is 5.40. The molecule has 1 unspecified atom stereocenters. The lowest BCUT2D eigenvalue weighted by atomic mass is 10.1. The van der Waals surface area contributed by atoms with Crippen molar-refractivity contribution in [1.82, 2.24) is 5.32 Å². The van der Waals surface area contributed by atoms with Crippen LogP contribution in [0.15, 0.2) is 4.99 Å². The summed E-state index contributed by atoms with van der Waals surface area (Å²) in [7, 11) is 1.69. The number of ether oxygens (including phenoxy) is 2. The average molecular weight is 274 g/mol. The van der Waals surface area contributed by atoms with Crippen molar-refractivity contribution in [3.8, 4) is 0 Å². The summed E-state index contributed by atoms with van der Waals surface area (Å²) in [6.07, 6.45) is 2.26. The molecule has 0 fully saturated rings. The van der Waals surface area contributed by atoms with Gasteiger partial charge in [-0.15, -0.1) is 0 Å². The Balaban J connectivity index is 1.94. The normalized spacial score (nSPS) is 19.3. The molecule has 0 aromatic carbocycles. The molecule has 0 saturated carbocycles. The summed E-state index contributed by atoms with van der Waals surface area (Å²) in [5, 5.41) is 5.16. The smallest absolute Gasteiger partial charge is 0.156 e. The van der Waals surface area contributed by atoms with Crippen LogP contribution >= 0.6 is 11.8 Å². The molecule has 0 spiro atoms. The van der Waals surface area contributed by atoms with E-state index in [4.69, 9.17) is 9.47 Å². The van der Waals surface area contributed by atoms with E-state index in [0.717, 1.165) is 37.2 Å². The molecule has 1 rings (SSSR count). The highest BCUT2D eigenvalue weighted by molar-refractivity contribution is 8.14. The molecule has 1 aliphatic rings. The number of aliphatic imine (C=N–C) groups is 1. The summed E-state index contributed by atoms with van der Waals surface area (Å²) < 4.78 is 10.3. The first-order chi connectivity index (χ1) is 8.72. The second-order valence-electron chi connectivity index (χ2n) is 4.90. The average Bonchev–Trinajstić information content (AvgIpc) is 2.75. The summed E-state index contributed by atoms with van der Waals surface area (Å²) in [4.78, 5) is 4.53. The molecule has 0 aromatic rings. The van der Waals surface area contributed by atoms with Gasteiger partial charge in [0.2, 0.25) is 0 Å². The Morgan fingerprint density at radius 2 is 2.22 bits per heavy atom. The van der Waals surface area contributed by atoms with Gasteiger partial charge in [0.1, 0.15) is 0 Å². The zero-order valence-electron chi connectivity index (χ0n) is 11.8. The summed E-state index contributed by atoms with van der Waals surface area (Å²) in [5.41, 5.74) is 0. The van der Waals surface area contributed by atoms with E-state index in [1.165, 1.54) is 6.42 Å². The van der Waals surface area contributed by atoms with Gasteiger partial charge in [0, 0.05) is 25.5 Å². The van der Waals surface area contributed by atoms with E-state index in [0.29, 0.717) is 18.5 Å². The summed E-state index contributed by atoms with van der Waals surface area (Å²) in [5.74, 6) is 0.756. The van der Waals surface area contributed by atoms with E-state index in [1.54, 1.807) is 7.11 Å². The third-order valence-corrected chi connectivity index (χ3v) is 3.80. The zero-order chi connectivity index (χ0) is 13.2. The Hall–Kier alpha value is -0.260. The fraction of sp³-hybridized carbons (Fsp3) is 0.923. The maximum Gasteiger partial charge on any atom is 0.156 e. The minimum Gasteiger partial charge on any atom is -0.382 e. The molecule has 1 aliphatic heterocycles. The molecule has 0 amide bonds. The molecule has 1 atom stereocenters. The number of nitrogens with one attached hydrogen (secondary N) is 1. The van der Waals surface area contributed by atoms with Crippen LogP contribution in [0, 0.1) is 5.92 Å². The Bertz CT molecular complexity index is 247. The van der Waals surface area contributed by atoms with Crippen LogP contribution < -0.4 is 5.32 Å². The highest BCUT2D eigenvalue weighted by atomic mass is 32.2. The maximum absolute atomic E-state index is 5.40. The number of methoxy groups -OCH3 is 1. The molecule has 18 heavy (non-hydrogen) atoms. The molecule has 0 bridgehead atoms. The van der Waals surface area contributed by atoms with E-state index >= 15 is 0 Å². The third kappa shape index (κ3) is 7.24. The van der Waals surface area contributed by atoms with Gasteiger partial charge >= 0.3 is 0 Å². The van der Waals surface area contributed by atoms with Gasteiger partial charge in [-0.25, -0.2) is 0 Å². The van der Waals surface area contributed by atoms with Crippen LogP contribution in [0.3, 0.4) is 0 Å². The molecule has 0 aromatic heterocycles. The van der Waals surface area contributed by atoms with Gasteiger partial charge in [-0.05, 0) is 18.8 Å². The molecular weight excluding hydrogens is 248 g/mol. The zero-order valence-corrected chi connectivity index (χ0v) is 12.6. The Morgan fingerprint density at radius 3 is 2.94 bits per heavy atom. The Kier molecular flexibility index (Phi) is 8.46. The van der Waals surface area contributed by atoms with Crippen LogP contribution in [0.25, 0.3) is 0 Å². The SMILES string of the molecule is COCCOCCCNC1=NCC(CC(C)C)S1. The second-order valence-corrected chi connectivity index (χ2v) is 6.19. The Morgan fingerprint density at radius 1 is 1.39 bits per heavy atom. The van der Waals surface area contributed by atoms with Crippen molar-refractivity contribution in [3.63, 3.8) is 0 Å². The monoisotopic (exact) mass is 274 g/mol. The van der Waals surface area contributed by atoms with Crippen LogP contribution in [0.1, 0.15) is 26.7 Å². The fourth-order valence-electron chi connectivity index (χ4n) is 1.78. The number of nitrogens with zero attached hydrogens (tertiary/aromatic N) is 1. The van der Waals surface area contributed by atoms with E-state index in [9.17, 15) is 0 Å². The first kappa shape index (κ1) is 15.8. The number of rotatable bonds is 9. The van der Waals surface area contributed by atoms with Gasteiger partial charge in [-0.2, -0.15) is 0 Å². The molecule has 0 aliphatic carbocycles. The fourth-order valence-corrected chi connectivity index (χ4v) is 3.06. The van der Waals surface area contributed by atoms with Crippen LogP contribution in [-0.2, 0) is 9.47 Å². The van der Waals surface area contributed by atoms with Gasteiger partial charge in [-0.1, -0.05) is 25.6 Å². The van der Waals surface area contributed by atoms with Gasteiger partial charge in [-0.3, -0.25) is 4.99 Å². The minimum absolute atomic E-state index is 0.672. The highest BCUT2D eigenvalue weighted by Gasteiger charge is 2.19. The van der Waals surface area contributed by atoms with Crippen molar-refractivity contribution < 1.29 is 9.47 Å². The van der Waals surface area contributed by atoms with Crippen molar-refractivity contribution in [1.29, 1.82) is 0 Å². The molecule has 1 N–H and O–H groups in total. The second kappa shape index (κ2) is 9.64. The summed E-state index contributed by atoms with van der Waals surface area (Å²) in [6, 6.07) is 0. The van der Waals surface area contributed by atoms with Crippen molar-refractivity contribution in [2.75, 3.05) is 40.0 Å². The quantitative estimate of drug-likeness (QED) is 0.654. The van der Waals surface area contributed by atoms with E-state index in [2.05, 4.69) is 24.2 Å². The number of hydrogen-bond acceptors (Lipinski definition) is 5. The third-order valence-electron chi connectivity index (χ3n) is 2.62. The van der Waals surface area contributed by atoms with Crippen LogP contribution in [0.5, 0.6) is 0 Å². The van der Waals surface area contributed by atoms with Crippen molar-refractivity contribution >= 4 is 16.9 Å². The lowest BCUT2D eigenvalue weighted by molar-refractivity contribution is 0.0699. The van der Waals surface area contributed by atoms with E-state index in [-0.39, 0.29) is 0 Å². The van der Waals surface area contributed by atoms with Crippen LogP contribution in [0.4, 0.5) is 0 Å². The summed E-state index contributed by atoms with van der Waals surface area (Å²) in [6.45, 7) is 8.58. The largest absolute Gasteiger partial charge is 0.382 e. The lowest BCUT2D eigenvalue weighted by Crippen LogP contribution is -2.22. The van der Waals surface area contributed by atoms with Gasteiger partial charge < -0.3 is 14.8 Å². The molecule has 5 heteroatoms. The van der Waals surface area contributed by atoms with Crippen molar-refractivity contribution in [3.05, 3.63) is 0 Å². The molecule has 1 heterocycles. The standard InChI is InChI=1S/C13H26N2O2S/c1-11(2)9-12-10-15-13(18-12)14-5-4-6-17-8-7-16-3/h11-12H,4-10H2,1-3H3,(H,14,15). The number of amidine groups is 1. The first-order valence-electron chi connectivity index (χ1n) is 6.74. The van der Waals surface area contributed by atoms with Crippen LogP contribution in [0.2, 0.25) is 0 Å². The predicted molar refractivity (Wildman–Crippen MR) is 78.5 cm³/mol. The molecule has 106 valence electrons. The molecule has 4 nitrogen and oxygen atoms in total. The van der Waals surface area contributed by atoms with Gasteiger partial charge in [0.25, 0.3) is 0 Å². The topological polar surface area (TPSA) is 42.9 Å². The Labute approximate surface area is 115 Å². The van der Waals surface area contributed by atoms with Gasteiger partial charge in [0.05, 0.1) is 19.8 Å². The van der Waals surface area contributed by atoms with E-state index < -0.39 is 0 Å². The van der Waals surface area contributed by atoms with Crippen molar-refractivity contribution in [2.45, 2.75) is 31.9 Å². The minimum atomic E-state index is 0.672. The van der Waals surface area contributed by atoms with E-state index in [1.807, 2.05) is 11.8 Å². The molecular formula is C13H26N2O2S. The number of hydrogen-bond donors (Lipinski definition) is 1. The number of thioether (sulfide) groups is 1.